The first-order valence-corrected chi connectivity index (χ1v) is 7.39. The Morgan fingerprint density at radius 3 is 2.73 bits per heavy atom. The van der Waals surface area contributed by atoms with E-state index in [-0.39, 0.29) is 17.1 Å². The molecule has 0 aliphatic rings. The summed E-state index contributed by atoms with van der Waals surface area (Å²) in [6.45, 7) is 0. The summed E-state index contributed by atoms with van der Waals surface area (Å²) in [5.41, 5.74) is 2.08. The Hall–Kier alpha value is -2.86. The Bertz CT molecular complexity index is 1130. The molecule has 0 spiro atoms. The van der Waals surface area contributed by atoms with E-state index >= 15 is 0 Å². The molecule has 4 rings (SSSR count). The number of phenolic OH excluding ortho intramolecular Hbond substituents is 2. The van der Waals surface area contributed by atoms with Gasteiger partial charge in [-0.3, -0.25) is 4.79 Å². The van der Waals surface area contributed by atoms with Crippen LogP contribution in [-0.4, -0.2) is 19.6 Å². The van der Waals surface area contributed by atoms with E-state index in [4.69, 9.17) is 0 Å². The topological polar surface area (TPSA) is 74.8 Å². The van der Waals surface area contributed by atoms with Gasteiger partial charge in [-0.15, -0.1) is 0 Å². The van der Waals surface area contributed by atoms with Crippen LogP contribution in [0.3, 0.4) is 0 Å². The van der Waals surface area contributed by atoms with Crippen molar-refractivity contribution in [3.05, 3.63) is 62.9 Å². The molecular weight excluding hydrogens is 300 g/mol. The monoisotopic (exact) mass is 310 g/mol. The zero-order valence-corrected chi connectivity index (χ0v) is 12.0. The molecule has 0 aliphatic carbocycles. The normalized spacial score (nSPS) is 12.5. The van der Waals surface area contributed by atoms with Crippen molar-refractivity contribution in [1.29, 1.82) is 0 Å². The number of hydrogen-bond acceptors (Lipinski definition) is 5. The maximum absolute atomic E-state index is 12.6. The number of nitrogens with zero attached hydrogens (tertiary/aromatic N) is 2. The number of aromatic nitrogens is 2. The highest BCUT2D eigenvalue weighted by atomic mass is 32.1. The average Bonchev–Trinajstić information content (AvgIpc) is 3.00. The second-order valence-electron chi connectivity index (χ2n) is 4.88. The van der Waals surface area contributed by atoms with E-state index in [9.17, 15) is 15.0 Å². The highest BCUT2D eigenvalue weighted by molar-refractivity contribution is 7.15. The lowest BCUT2D eigenvalue weighted by atomic mass is 10.2. The molecule has 0 bridgehead atoms. The minimum atomic E-state index is -0.215. The van der Waals surface area contributed by atoms with Gasteiger partial charge >= 0.3 is 0 Å². The van der Waals surface area contributed by atoms with Crippen LogP contribution in [0.2, 0.25) is 0 Å². The molecule has 108 valence electrons. The maximum atomic E-state index is 12.6. The van der Waals surface area contributed by atoms with Crippen LogP contribution < -0.4 is 10.1 Å². The molecule has 2 aromatic carbocycles. The molecule has 0 amide bonds. The molecule has 0 aliphatic heterocycles. The van der Waals surface area contributed by atoms with Gasteiger partial charge in [0.15, 0.2) is 16.5 Å². The quantitative estimate of drug-likeness (QED) is 0.526. The Morgan fingerprint density at radius 1 is 1.09 bits per heavy atom. The van der Waals surface area contributed by atoms with Gasteiger partial charge in [0, 0.05) is 0 Å². The van der Waals surface area contributed by atoms with E-state index in [1.807, 2.05) is 24.3 Å². The van der Waals surface area contributed by atoms with Crippen molar-refractivity contribution in [2.45, 2.75) is 0 Å². The lowest BCUT2D eigenvalue weighted by Crippen LogP contribution is -2.22. The molecular formula is C16H10N2O3S. The van der Waals surface area contributed by atoms with Gasteiger partial charge in [0.1, 0.15) is 0 Å². The third-order valence-electron chi connectivity index (χ3n) is 3.44. The molecule has 2 heterocycles. The number of rotatable bonds is 1. The minimum absolute atomic E-state index is 0.138. The highest BCUT2D eigenvalue weighted by Crippen LogP contribution is 2.25. The van der Waals surface area contributed by atoms with Crippen LogP contribution in [0.5, 0.6) is 11.5 Å². The van der Waals surface area contributed by atoms with Gasteiger partial charge < -0.3 is 10.2 Å². The number of imidazole rings is 1. The van der Waals surface area contributed by atoms with Gasteiger partial charge in [0.25, 0.3) is 5.56 Å². The SMILES string of the molecule is O=c1/c(=C\c2ccc(O)c(O)c2)sc2nc3ccccc3n12. The molecule has 5 nitrogen and oxygen atoms in total. The Balaban J connectivity index is 1.99. The van der Waals surface area contributed by atoms with Crippen molar-refractivity contribution < 1.29 is 10.2 Å². The number of fused-ring (bicyclic) bond motifs is 3. The summed E-state index contributed by atoms with van der Waals surface area (Å²) in [5, 5.41) is 18.9. The summed E-state index contributed by atoms with van der Waals surface area (Å²) < 4.78 is 2.12. The molecule has 0 saturated carbocycles. The smallest absolute Gasteiger partial charge is 0.274 e. The van der Waals surface area contributed by atoms with Gasteiger partial charge in [0.2, 0.25) is 0 Å². The van der Waals surface area contributed by atoms with E-state index in [0.29, 0.717) is 15.1 Å². The van der Waals surface area contributed by atoms with Gasteiger partial charge in [-0.05, 0) is 35.9 Å². The molecule has 22 heavy (non-hydrogen) atoms. The van der Waals surface area contributed by atoms with Crippen LogP contribution >= 0.6 is 11.3 Å². The van der Waals surface area contributed by atoms with Crippen LogP contribution in [0.4, 0.5) is 0 Å². The molecule has 0 unspecified atom stereocenters. The lowest BCUT2D eigenvalue weighted by Gasteiger charge is -1.97. The first-order valence-electron chi connectivity index (χ1n) is 6.57. The molecule has 0 saturated heterocycles. The van der Waals surface area contributed by atoms with Crippen molar-refractivity contribution in [1.82, 2.24) is 9.38 Å². The van der Waals surface area contributed by atoms with E-state index in [0.717, 1.165) is 11.0 Å². The van der Waals surface area contributed by atoms with E-state index in [2.05, 4.69) is 4.98 Å². The molecule has 6 heteroatoms. The zero-order valence-electron chi connectivity index (χ0n) is 11.2. The molecule has 0 fully saturated rings. The first-order chi connectivity index (χ1) is 10.6. The summed E-state index contributed by atoms with van der Waals surface area (Å²) in [4.78, 5) is 17.6. The molecule has 2 N–H and O–H groups in total. The second kappa shape index (κ2) is 4.57. The van der Waals surface area contributed by atoms with Crippen molar-refractivity contribution in [3.8, 4) is 11.5 Å². The number of aromatic hydroxyl groups is 2. The third kappa shape index (κ3) is 1.85. The van der Waals surface area contributed by atoms with Gasteiger partial charge in [-0.25, -0.2) is 9.38 Å². The first kappa shape index (κ1) is 12.8. The van der Waals surface area contributed by atoms with E-state index < -0.39 is 0 Å². The second-order valence-corrected chi connectivity index (χ2v) is 5.89. The van der Waals surface area contributed by atoms with Crippen molar-refractivity contribution in [3.63, 3.8) is 0 Å². The molecule has 4 aromatic rings. The van der Waals surface area contributed by atoms with Crippen LogP contribution in [0.25, 0.3) is 22.1 Å². The average molecular weight is 310 g/mol. The Morgan fingerprint density at radius 2 is 1.91 bits per heavy atom. The highest BCUT2D eigenvalue weighted by Gasteiger charge is 2.10. The van der Waals surface area contributed by atoms with Crippen LogP contribution in [0.1, 0.15) is 5.56 Å². The zero-order chi connectivity index (χ0) is 15.3. The number of hydrogen-bond donors (Lipinski definition) is 2. The van der Waals surface area contributed by atoms with Crippen LogP contribution in [0.15, 0.2) is 47.3 Å². The van der Waals surface area contributed by atoms with Crippen LogP contribution in [-0.2, 0) is 0 Å². The fourth-order valence-corrected chi connectivity index (χ4v) is 3.38. The van der Waals surface area contributed by atoms with Gasteiger partial charge in [-0.1, -0.05) is 29.5 Å². The van der Waals surface area contributed by atoms with Crippen molar-refractivity contribution in [2.24, 2.45) is 0 Å². The third-order valence-corrected chi connectivity index (χ3v) is 4.41. The summed E-state index contributed by atoms with van der Waals surface area (Å²) in [7, 11) is 0. The summed E-state index contributed by atoms with van der Waals surface area (Å²) in [5.74, 6) is -0.403. The van der Waals surface area contributed by atoms with Gasteiger partial charge in [0.05, 0.1) is 15.6 Å². The largest absolute Gasteiger partial charge is 0.504 e. The van der Waals surface area contributed by atoms with E-state index in [1.165, 1.54) is 23.5 Å². The van der Waals surface area contributed by atoms with Crippen molar-refractivity contribution >= 4 is 33.4 Å². The minimum Gasteiger partial charge on any atom is -0.504 e. The molecule has 0 radical (unpaired) electrons. The van der Waals surface area contributed by atoms with Crippen molar-refractivity contribution in [2.75, 3.05) is 0 Å². The summed E-state index contributed by atoms with van der Waals surface area (Å²) in [6.07, 6.45) is 1.68. The van der Waals surface area contributed by atoms with Crippen LogP contribution in [0, 0.1) is 0 Å². The number of thiazole rings is 1. The molecule has 2 aromatic heterocycles. The lowest BCUT2D eigenvalue weighted by molar-refractivity contribution is 0.403. The van der Waals surface area contributed by atoms with Gasteiger partial charge in [-0.2, -0.15) is 0 Å². The Labute approximate surface area is 128 Å². The molecule has 0 atom stereocenters. The standard InChI is InChI=1S/C16H10N2O3S/c19-12-6-5-9(7-13(12)20)8-14-15(21)18-11-4-2-1-3-10(11)17-16(18)22-14/h1-8,19-20H/b14-8+. The summed E-state index contributed by atoms with van der Waals surface area (Å²) in [6, 6.07) is 11.9. The number of benzene rings is 2. The fraction of sp³-hybridized carbons (Fsp3) is 0. The predicted molar refractivity (Wildman–Crippen MR) is 85.4 cm³/mol. The summed E-state index contributed by atoms with van der Waals surface area (Å²) >= 11 is 1.29. The number of para-hydroxylation sites is 2. The fourth-order valence-electron chi connectivity index (χ4n) is 2.39. The van der Waals surface area contributed by atoms with E-state index in [1.54, 1.807) is 16.5 Å². The predicted octanol–water partition coefficient (Wildman–Crippen LogP) is 1.87. The number of phenols is 2. The maximum Gasteiger partial charge on any atom is 0.274 e. The Kier molecular flexibility index (Phi) is 2.67.